The first kappa shape index (κ1) is 12.0. The summed E-state index contributed by atoms with van der Waals surface area (Å²) >= 11 is 0. The molecule has 0 radical (unpaired) electrons. The zero-order chi connectivity index (χ0) is 12.3. The summed E-state index contributed by atoms with van der Waals surface area (Å²) in [6.07, 6.45) is -3.02. The molecule has 0 fully saturated rings. The smallest absolute Gasteiger partial charge is 0.342 e. The van der Waals surface area contributed by atoms with Crippen LogP contribution < -0.4 is 0 Å². The zero-order valence-corrected chi connectivity index (χ0v) is 8.00. The van der Waals surface area contributed by atoms with Gasteiger partial charge in [-0.1, -0.05) is 0 Å². The Kier molecular flexibility index (Phi) is 3.45. The second kappa shape index (κ2) is 4.61. The number of esters is 1. The van der Waals surface area contributed by atoms with E-state index in [4.69, 9.17) is 5.26 Å². The van der Waals surface area contributed by atoms with Gasteiger partial charge < -0.3 is 4.74 Å². The van der Waals surface area contributed by atoms with Crippen LogP contribution in [0.4, 0.5) is 13.2 Å². The van der Waals surface area contributed by atoms with Gasteiger partial charge in [0.25, 0.3) is 6.43 Å². The molecule has 1 aromatic rings. The molecule has 84 valence electrons. The van der Waals surface area contributed by atoms with Crippen molar-refractivity contribution in [3.8, 4) is 6.07 Å². The van der Waals surface area contributed by atoms with Gasteiger partial charge in [-0.2, -0.15) is 9.65 Å². The molecule has 0 aromatic carbocycles. The van der Waals surface area contributed by atoms with E-state index < -0.39 is 35.2 Å². The fourth-order valence-electron chi connectivity index (χ4n) is 1.02. The van der Waals surface area contributed by atoms with Crippen molar-refractivity contribution in [2.24, 2.45) is 0 Å². The Morgan fingerprint density at radius 2 is 2.25 bits per heavy atom. The molecule has 0 N–H and O–H groups in total. The molecule has 0 saturated heterocycles. The van der Waals surface area contributed by atoms with Gasteiger partial charge in [-0.25, -0.2) is 18.6 Å². The van der Waals surface area contributed by atoms with Gasteiger partial charge in [0.05, 0.1) is 12.7 Å². The largest absolute Gasteiger partial charge is 0.465 e. The molecule has 0 aliphatic heterocycles. The van der Waals surface area contributed by atoms with Crippen LogP contribution in [0.5, 0.6) is 0 Å². The van der Waals surface area contributed by atoms with Crippen LogP contribution in [0.3, 0.4) is 0 Å². The summed E-state index contributed by atoms with van der Waals surface area (Å²) in [4.78, 5) is 14.0. The lowest BCUT2D eigenvalue weighted by molar-refractivity contribution is 0.0593. The average Bonchev–Trinajstić information content (AvgIpc) is 2.27. The summed E-state index contributed by atoms with van der Waals surface area (Å²) in [5.41, 5.74) is -2.28. The van der Waals surface area contributed by atoms with E-state index in [1.807, 2.05) is 0 Å². The third-order valence-corrected chi connectivity index (χ3v) is 1.75. The van der Waals surface area contributed by atoms with Crippen molar-refractivity contribution in [1.82, 2.24) is 4.98 Å². The van der Waals surface area contributed by atoms with E-state index in [1.165, 1.54) is 6.07 Å². The molecule has 4 nitrogen and oxygen atoms in total. The number of pyridine rings is 1. The molecule has 0 bridgehead atoms. The summed E-state index contributed by atoms with van der Waals surface area (Å²) in [6, 6.07) is 1.89. The predicted octanol–water partition coefficient (Wildman–Crippen LogP) is 1.82. The quantitative estimate of drug-likeness (QED) is 0.574. The number of hydrogen-bond donors (Lipinski definition) is 0. The average molecular weight is 230 g/mol. The first-order valence-electron chi connectivity index (χ1n) is 3.98. The van der Waals surface area contributed by atoms with E-state index >= 15 is 0 Å². The number of alkyl halides is 2. The Labute approximate surface area is 88.3 Å². The maximum absolute atomic E-state index is 13.1. The van der Waals surface area contributed by atoms with Crippen molar-refractivity contribution in [1.29, 1.82) is 5.26 Å². The Morgan fingerprint density at radius 3 is 2.69 bits per heavy atom. The minimum atomic E-state index is -3.02. The second-order valence-corrected chi connectivity index (χ2v) is 2.67. The topological polar surface area (TPSA) is 63.0 Å². The number of nitriles is 1. The molecule has 0 unspecified atom stereocenters. The molecule has 0 aliphatic carbocycles. The highest BCUT2D eigenvalue weighted by atomic mass is 19.3. The van der Waals surface area contributed by atoms with E-state index in [0.717, 1.165) is 7.11 Å². The molecule has 0 aliphatic rings. The van der Waals surface area contributed by atoms with Gasteiger partial charge in [0.1, 0.15) is 11.6 Å². The number of ether oxygens (including phenoxy) is 1. The van der Waals surface area contributed by atoms with Crippen LogP contribution in [0, 0.1) is 17.3 Å². The molecule has 0 amide bonds. The zero-order valence-electron chi connectivity index (χ0n) is 8.00. The van der Waals surface area contributed by atoms with Crippen LogP contribution in [0.15, 0.2) is 6.07 Å². The van der Waals surface area contributed by atoms with Crippen LogP contribution in [-0.2, 0) is 4.74 Å². The fraction of sp³-hybridized carbons (Fsp3) is 0.222. The van der Waals surface area contributed by atoms with Crippen LogP contribution in [0.1, 0.15) is 28.0 Å². The van der Waals surface area contributed by atoms with Crippen LogP contribution >= 0.6 is 0 Å². The highest BCUT2D eigenvalue weighted by molar-refractivity contribution is 5.89. The SMILES string of the molecule is COC(=O)c1cc(C(F)F)c(C#N)nc1F. The molecular formula is C9H5F3N2O2. The number of rotatable bonds is 2. The normalized spacial score (nSPS) is 10.0. The van der Waals surface area contributed by atoms with Crippen molar-refractivity contribution in [2.45, 2.75) is 6.43 Å². The third kappa shape index (κ3) is 2.11. The summed E-state index contributed by atoms with van der Waals surface area (Å²) in [6.45, 7) is 0. The van der Waals surface area contributed by atoms with Crippen LogP contribution in [0.2, 0.25) is 0 Å². The van der Waals surface area contributed by atoms with Crippen LogP contribution in [0.25, 0.3) is 0 Å². The lowest BCUT2D eigenvalue weighted by atomic mass is 10.1. The number of halogens is 3. The second-order valence-electron chi connectivity index (χ2n) is 2.67. The van der Waals surface area contributed by atoms with Gasteiger partial charge in [0.15, 0.2) is 5.69 Å². The Morgan fingerprint density at radius 1 is 1.62 bits per heavy atom. The summed E-state index contributed by atoms with van der Waals surface area (Å²) in [5.74, 6) is -2.44. The molecule has 7 heteroatoms. The number of carbonyl (C=O) groups excluding carboxylic acids is 1. The number of aromatic nitrogens is 1. The minimum Gasteiger partial charge on any atom is -0.465 e. The molecule has 16 heavy (non-hydrogen) atoms. The predicted molar refractivity (Wildman–Crippen MR) is 45.2 cm³/mol. The van der Waals surface area contributed by atoms with Gasteiger partial charge in [-0.15, -0.1) is 0 Å². The summed E-state index contributed by atoms with van der Waals surface area (Å²) < 4.78 is 42.1. The third-order valence-electron chi connectivity index (χ3n) is 1.75. The van der Waals surface area contributed by atoms with Gasteiger partial charge in [-0.05, 0) is 6.07 Å². The maximum Gasteiger partial charge on any atom is 0.342 e. The highest BCUT2D eigenvalue weighted by Crippen LogP contribution is 2.23. The molecule has 0 saturated carbocycles. The van der Waals surface area contributed by atoms with E-state index in [0.29, 0.717) is 6.07 Å². The summed E-state index contributed by atoms with van der Waals surface area (Å²) in [5, 5.41) is 8.45. The molecule has 0 spiro atoms. The van der Waals surface area contributed by atoms with Crippen molar-refractivity contribution >= 4 is 5.97 Å². The van der Waals surface area contributed by atoms with E-state index in [9.17, 15) is 18.0 Å². The van der Waals surface area contributed by atoms with E-state index in [2.05, 4.69) is 9.72 Å². The molecule has 1 heterocycles. The number of hydrogen-bond acceptors (Lipinski definition) is 4. The van der Waals surface area contributed by atoms with Gasteiger partial charge >= 0.3 is 5.97 Å². The molecule has 0 atom stereocenters. The Hall–Kier alpha value is -2.10. The highest BCUT2D eigenvalue weighted by Gasteiger charge is 2.22. The first-order chi connectivity index (χ1) is 7.51. The van der Waals surface area contributed by atoms with Gasteiger partial charge in [-0.3, -0.25) is 0 Å². The number of carbonyl (C=O) groups is 1. The van der Waals surface area contributed by atoms with Crippen molar-refractivity contribution in [3.63, 3.8) is 0 Å². The molecular weight excluding hydrogens is 225 g/mol. The standard InChI is InChI=1S/C9H5F3N2O2/c1-16-9(15)5-2-4(7(10)11)6(3-13)14-8(5)12/h2,7H,1H3. The first-order valence-corrected chi connectivity index (χ1v) is 3.98. The monoisotopic (exact) mass is 230 g/mol. The van der Waals surface area contributed by atoms with Crippen molar-refractivity contribution in [3.05, 3.63) is 28.8 Å². The Bertz CT molecular complexity index is 469. The Balaban J connectivity index is 3.40. The van der Waals surface area contributed by atoms with Crippen molar-refractivity contribution < 1.29 is 22.7 Å². The van der Waals surface area contributed by atoms with E-state index in [1.54, 1.807) is 0 Å². The minimum absolute atomic E-state index is 0.567. The lowest BCUT2D eigenvalue weighted by Gasteiger charge is -2.05. The maximum atomic E-state index is 13.1. The van der Waals surface area contributed by atoms with Gasteiger partial charge in [0, 0.05) is 0 Å². The molecule has 1 aromatic heterocycles. The van der Waals surface area contributed by atoms with Crippen LogP contribution in [-0.4, -0.2) is 18.1 Å². The van der Waals surface area contributed by atoms with Gasteiger partial charge in [0.2, 0.25) is 5.95 Å². The fourth-order valence-corrected chi connectivity index (χ4v) is 1.02. The van der Waals surface area contributed by atoms with E-state index in [-0.39, 0.29) is 0 Å². The van der Waals surface area contributed by atoms with Crippen molar-refractivity contribution in [2.75, 3.05) is 7.11 Å². The number of methoxy groups -OCH3 is 1. The molecule has 1 rings (SSSR count). The number of nitrogens with zero attached hydrogens (tertiary/aromatic N) is 2. The lowest BCUT2D eigenvalue weighted by Crippen LogP contribution is -2.09. The summed E-state index contributed by atoms with van der Waals surface area (Å²) in [7, 11) is 0.974.